The summed E-state index contributed by atoms with van der Waals surface area (Å²) in [4.78, 5) is 26.1. The SMILES string of the molecule is CCN1C(=O)Cc2cc(C(=O)NC(C)c3ccc(F)cc3)ccc21. The molecule has 124 valence electrons. The van der Waals surface area contributed by atoms with Crippen LogP contribution >= 0.6 is 0 Å². The van der Waals surface area contributed by atoms with Gasteiger partial charge >= 0.3 is 0 Å². The largest absolute Gasteiger partial charge is 0.346 e. The molecule has 0 fully saturated rings. The number of anilines is 1. The Morgan fingerprint density at radius 2 is 1.96 bits per heavy atom. The normalized spacial score (nSPS) is 14.5. The summed E-state index contributed by atoms with van der Waals surface area (Å²) in [7, 11) is 0. The van der Waals surface area contributed by atoms with Gasteiger partial charge in [0, 0.05) is 17.8 Å². The highest BCUT2D eigenvalue weighted by Crippen LogP contribution is 2.29. The van der Waals surface area contributed by atoms with Crippen LogP contribution in [0.3, 0.4) is 0 Å². The molecule has 1 heterocycles. The molecule has 0 bridgehead atoms. The lowest BCUT2D eigenvalue weighted by Gasteiger charge is -2.16. The molecule has 0 spiro atoms. The van der Waals surface area contributed by atoms with Crippen LogP contribution in [0.5, 0.6) is 0 Å². The fraction of sp³-hybridized carbons (Fsp3) is 0.263. The van der Waals surface area contributed by atoms with Crippen molar-refractivity contribution in [3.8, 4) is 0 Å². The Labute approximate surface area is 140 Å². The van der Waals surface area contributed by atoms with Crippen molar-refractivity contribution in [2.45, 2.75) is 26.3 Å². The first-order valence-electron chi connectivity index (χ1n) is 7.99. The molecule has 1 N–H and O–H groups in total. The van der Waals surface area contributed by atoms with E-state index in [0.29, 0.717) is 18.5 Å². The van der Waals surface area contributed by atoms with Crippen molar-refractivity contribution in [2.24, 2.45) is 0 Å². The van der Waals surface area contributed by atoms with E-state index >= 15 is 0 Å². The molecule has 1 atom stereocenters. The van der Waals surface area contributed by atoms with Crippen molar-refractivity contribution in [2.75, 3.05) is 11.4 Å². The number of likely N-dealkylation sites (N-methyl/N-ethyl adjacent to an activating group) is 1. The first kappa shape index (κ1) is 16.2. The van der Waals surface area contributed by atoms with Crippen LogP contribution < -0.4 is 10.2 Å². The number of halogens is 1. The Hall–Kier alpha value is -2.69. The number of rotatable bonds is 4. The van der Waals surface area contributed by atoms with E-state index in [9.17, 15) is 14.0 Å². The highest BCUT2D eigenvalue weighted by molar-refractivity contribution is 6.03. The first-order chi connectivity index (χ1) is 11.5. The number of carbonyl (C=O) groups is 2. The van der Waals surface area contributed by atoms with Crippen molar-refractivity contribution in [3.63, 3.8) is 0 Å². The molecular weight excluding hydrogens is 307 g/mol. The summed E-state index contributed by atoms with van der Waals surface area (Å²) in [5, 5.41) is 2.90. The van der Waals surface area contributed by atoms with Crippen LogP contribution in [0.2, 0.25) is 0 Å². The van der Waals surface area contributed by atoms with Gasteiger partial charge in [-0.25, -0.2) is 4.39 Å². The van der Waals surface area contributed by atoms with Gasteiger partial charge in [-0.05, 0) is 55.3 Å². The van der Waals surface area contributed by atoms with Gasteiger partial charge in [-0.15, -0.1) is 0 Å². The zero-order chi connectivity index (χ0) is 17.3. The molecule has 0 saturated heterocycles. The van der Waals surface area contributed by atoms with Gasteiger partial charge in [-0.2, -0.15) is 0 Å². The summed E-state index contributed by atoms with van der Waals surface area (Å²) < 4.78 is 13.0. The van der Waals surface area contributed by atoms with E-state index in [0.717, 1.165) is 16.8 Å². The summed E-state index contributed by atoms with van der Waals surface area (Å²) >= 11 is 0. The predicted octanol–water partition coefficient (Wildman–Crippen LogP) is 3.23. The molecular formula is C19H19FN2O2. The monoisotopic (exact) mass is 326 g/mol. The second-order valence-electron chi connectivity index (χ2n) is 5.90. The van der Waals surface area contributed by atoms with Crippen LogP contribution in [0.25, 0.3) is 0 Å². The molecule has 24 heavy (non-hydrogen) atoms. The number of fused-ring (bicyclic) bond motifs is 1. The van der Waals surface area contributed by atoms with Gasteiger partial charge in [0.05, 0.1) is 12.5 Å². The molecule has 2 aromatic rings. The quantitative estimate of drug-likeness (QED) is 0.938. The van der Waals surface area contributed by atoms with E-state index in [1.54, 1.807) is 29.2 Å². The van der Waals surface area contributed by atoms with E-state index in [1.165, 1.54) is 12.1 Å². The summed E-state index contributed by atoms with van der Waals surface area (Å²) in [6, 6.07) is 11.1. The average Bonchev–Trinajstić information content (AvgIpc) is 2.89. The van der Waals surface area contributed by atoms with Gasteiger partial charge in [0.2, 0.25) is 5.91 Å². The maximum atomic E-state index is 13.0. The number of amides is 2. The fourth-order valence-electron chi connectivity index (χ4n) is 2.99. The highest BCUT2D eigenvalue weighted by Gasteiger charge is 2.26. The summed E-state index contributed by atoms with van der Waals surface area (Å²) in [5.74, 6) is -0.456. The molecule has 1 unspecified atom stereocenters. The van der Waals surface area contributed by atoms with Crippen LogP contribution in [0.1, 0.15) is 41.4 Å². The maximum Gasteiger partial charge on any atom is 0.251 e. The molecule has 2 amide bonds. The summed E-state index contributed by atoms with van der Waals surface area (Å²) in [5.41, 5.74) is 3.11. The maximum absolute atomic E-state index is 13.0. The number of nitrogens with one attached hydrogen (secondary N) is 1. The van der Waals surface area contributed by atoms with Gasteiger partial charge in [0.25, 0.3) is 5.91 Å². The van der Waals surface area contributed by atoms with Crippen molar-refractivity contribution < 1.29 is 14.0 Å². The molecule has 0 aromatic heterocycles. The lowest BCUT2D eigenvalue weighted by molar-refractivity contribution is -0.117. The summed E-state index contributed by atoms with van der Waals surface area (Å²) in [6.45, 7) is 4.40. The second kappa shape index (κ2) is 6.43. The van der Waals surface area contributed by atoms with E-state index in [1.807, 2.05) is 19.9 Å². The molecule has 0 aliphatic carbocycles. The number of carbonyl (C=O) groups excluding carboxylic acids is 2. The predicted molar refractivity (Wildman–Crippen MR) is 90.5 cm³/mol. The van der Waals surface area contributed by atoms with Gasteiger partial charge in [-0.1, -0.05) is 12.1 Å². The van der Waals surface area contributed by atoms with Gasteiger partial charge in [0.15, 0.2) is 0 Å². The molecule has 5 heteroatoms. The molecule has 1 aliphatic rings. The zero-order valence-corrected chi connectivity index (χ0v) is 13.7. The second-order valence-corrected chi connectivity index (χ2v) is 5.90. The Morgan fingerprint density at radius 1 is 1.25 bits per heavy atom. The van der Waals surface area contributed by atoms with E-state index in [4.69, 9.17) is 0 Å². The Balaban J connectivity index is 1.75. The van der Waals surface area contributed by atoms with Crippen LogP contribution in [0.4, 0.5) is 10.1 Å². The van der Waals surface area contributed by atoms with E-state index in [-0.39, 0.29) is 23.7 Å². The molecule has 0 radical (unpaired) electrons. The zero-order valence-electron chi connectivity index (χ0n) is 13.7. The Morgan fingerprint density at radius 3 is 2.62 bits per heavy atom. The van der Waals surface area contributed by atoms with Gasteiger partial charge in [-0.3, -0.25) is 9.59 Å². The minimum Gasteiger partial charge on any atom is -0.346 e. The Bertz CT molecular complexity index is 786. The third-order valence-electron chi connectivity index (χ3n) is 4.31. The van der Waals surface area contributed by atoms with E-state index < -0.39 is 0 Å². The van der Waals surface area contributed by atoms with Crippen LogP contribution in [0.15, 0.2) is 42.5 Å². The minimum atomic E-state index is -0.305. The first-order valence-corrected chi connectivity index (χ1v) is 7.99. The fourth-order valence-corrected chi connectivity index (χ4v) is 2.99. The van der Waals surface area contributed by atoms with E-state index in [2.05, 4.69) is 5.32 Å². The third-order valence-corrected chi connectivity index (χ3v) is 4.31. The lowest BCUT2D eigenvalue weighted by atomic mass is 10.1. The van der Waals surface area contributed by atoms with Crippen LogP contribution in [-0.2, 0) is 11.2 Å². The standard InChI is InChI=1S/C19H19FN2O2/c1-3-22-17-9-6-14(10-15(17)11-18(22)23)19(24)21-12(2)13-4-7-16(20)8-5-13/h4-10,12H,3,11H2,1-2H3,(H,21,24). The smallest absolute Gasteiger partial charge is 0.251 e. The van der Waals surface area contributed by atoms with Crippen molar-refractivity contribution >= 4 is 17.5 Å². The molecule has 3 rings (SSSR count). The molecule has 4 nitrogen and oxygen atoms in total. The number of benzene rings is 2. The molecule has 2 aromatic carbocycles. The summed E-state index contributed by atoms with van der Waals surface area (Å²) in [6.07, 6.45) is 0.331. The van der Waals surface area contributed by atoms with Crippen molar-refractivity contribution in [3.05, 3.63) is 65.0 Å². The average molecular weight is 326 g/mol. The highest BCUT2D eigenvalue weighted by atomic mass is 19.1. The molecule has 0 saturated carbocycles. The van der Waals surface area contributed by atoms with Gasteiger partial charge < -0.3 is 10.2 Å². The molecule has 1 aliphatic heterocycles. The number of nitrogens with zero attached hydrogens (tertiary/aromatic N) is 1. The topological polar surface area (TPSA) is 49.4 Å². The van der Waals surface area contributed by atoms with Crippen molar-refractivity contribution in [1.29, 1.82) is 0 Å². The Kier molecular flexibility index (Phi) is 4.34. The van der Waals surface area contributed by atoms with Crippen molar-refractivity contribution in [1.82, 2.24) is 5.32 Å². The van der Waals surface area contributed by atoms with Gasteiger partial charge in [0.1, 0.15) is 5.82 Å². The van der Waals surface area contributed by atoms with Crippen LogP contribution in [-0.4, -0.2) is 18.4 Å². The minimum absolute atomic E-state index is 0.0599. The number of hydrogen-bond acceptors (Lipinski definition) is 2. The van der Waals surface area contributed by atoms with Crippen LogP contribution in [0, 0.1) is 5.82 Å². The number of hydrogen-bond donors (Lipinski definition) is 1. The lowest BCUT2D eigenvalue weighted by Crippen LogP contribution is -2.27. The third kappa shape index (κ3) is 3.02.